The summed E-state index contributed by atoms with van der Waals surface area (Å²) in [5, 5.41) is 0. The Bertz CT molecular complexity index is 654. The van der Waals surface area contributed by atoms with Crippen molar-refractivity contribution in [3.8, 4) is 0 Å². The molecule has 0 N–H and O–H groups in total. The van der Waals surface area contributed by atoms with Gasteiger partial charge < -0.3 is 9.80 Å². The van der Waals surface area contributed by atoms with Gasteiger partial charge in [0, 0.05) is 57.9 Å². The molecule has 0 radical (unpaired) electrons. The molecule has 1 saturated heterocycles. The fourth-order valence-corrected chi connectivity index (χ4v) is 3.09. The number of aromatic nitrogens is 1. The molecule has 0 bridgehead atoms. The summed E-state index contributed by atoms with van der Waals surface area (Å²) < 4.78 is 0. The first-order valence-electron chi connectivity index (χ1n) is 8.87. The van der Waals surface area contributed by atoms with Crippen molar-refractivity contribution in [1.82, 2.24) is 14.8 Å². The van der Waals surface area contributed by atoms with Crippen LogP contribution in [0, 0.1) is 0 Å². The Hall–Kier alpha value is -2.40. The third-order valence-corrected chi connectivity index (χ3v) is 4.76. The molecule has 3 rings (SSSR count). The molecule has 1 aromatic carbocycles. The fourth-order valence-electron chi connectivity index (χ4n) is 3.09. The van der Waals surface area contributed by atoms with Gasteiger partial charge in [0.25, 0.3) is 0 Å². The molecule has 1 aliphatic rings. The first kappa shape index (κ1) is 17.4. The number of hydrogen-bond acceptors (Lipinski definition) is 4. The minimum Gasteiger partial charge on any atom is -0.369 e. The Kier molecular flexibility index (Phi) is 6.01. The van der Waals surface area contributed by atoms with E-state index < -0.39 is 0 Å². The van der Waals surface area contributed by atoms with E-state index in [0.717, 1.165) is 39.1 Å². The van der Waals surface area contributed by atoms with Crippen molar-refractivity contribution in [1.29, 1.82) is 0 Å². The second-order valence-corrected chi connectivity index (χ2v) is 6.52. The quantitative estimate of drug-likeness (QED) is 0.807. The summed E-state index contributed by atoms with van der Waals surface area (Å²) in [5.41, 5.74) is 2.48. The molecular formula is C20H26N4O. The summed E-state index contributed by atoms with van der Waals surface area (Å²) in [7, 11) is 1.89. The largest absolute Gasteiger partial charge is 0.369 e. The highest BCUT2D eigenvalue weighted by Gasteiger charge is 2.20. The first-order chi connectivity index (χ1) is 12.2. The maximum Gasteiger partial charge on any atom is 0.236 e. The molecule has 25 heavy (non-hydrogen) atoms. The molecule has 0 aliphatic carbocycles. The number of carbonyl (C=O) groups excluding carboxylic acids is 1. The molecule has 1 aliphatic heterocycles. The summed E-state index contributed by atoms with van der Waals surface area (Å²) in [6, 6.07) is 14.5. The lowest BCUT2D eigenvalue weighted by molar-refractivity contribution is -0.131. The van der Waals surface area contributed by atoms with Gasteiger partial charge in [0.1, 0.15) is 0 Å². The normalized spacial score (nSPS) is 15.2. The van der Waals surface area contributed by atoms with Crippen molar-refractivity contribution in [2.75, 3.05) is 51.2 Å². The monoisotopic (exact) mass is 338 g/mol. The van der Waals surface area contributed by atoms with E-state index in [4.69, 9.17) is 0 Å². The van der Waals surface area contributed by atoms with Crippen molar-refractivity contribution in [2.45, 2.75) is 6.42 Å². The van der Waals surface area contributed by atoms with Gasteiger partial charge in [-0.15, -0.1) is 0 Å². The molecule has 5 heteroatoms. The summed E-state index contributed by atoms with van der Waals surface area (Å²) in [5.74, 6) is 0.196. The number of para-hydroxylation sites is 1. The Morgan fingerprint density at radius 3 is 2.40 bits per heavy atom. The third-order valence-electron chi connectivity index (χ3n) is 4.76. The Morgan fingerprint density at radius 1 is 1.04 bits per heavy atom. The number of anilines is 1. The van der Waals surface area contributed by atoms with Crippen LogP contribution >= 0.6 is 0 Å². The highest BCUT2D eigenvalue weighted by Crippen LogP contribution is 2.15. The van der Waals surface area contributed by atoms with Gasteiger partial charge in [-0.1, -0.05) is 18.2 Å². The predicted octanol–water partition coefficient (Wildman–Crippen LogP) is 1.90. The van der Waals surface area contributed by atoms with Crippen LogP contribution in [0.3, 0.4) is 0 Å². The Morgan fingerprint density at radius 2 is 1.72 bits per heavy atom. The van der Waals surface area contributed by atoms with E-state index in [1.54, 1.807) is 12.4 Å². The molecule has 0 saturated carbocycles. The van der Waals surface area contributed by atoms with Gasteiger partial charge in [0.05, 0.1) is 6.54 Å². The molecule has 0 atom stereocenters. The summed E-state index contributed by atoms with van der Waals surface area (Å²) in [4.78, 5) is 22.9. The average Bonchev–Trinajstić information content (AvgIpc) is 2.68. The van der Waals surface area contributed by atoms with Crippen LogP contribution < -0.4 is 4.90 Å². The zero-order chi connectivity index (χ0) is 17.5. The zero-order valence-corrected chi connectivity index (χ0v) is 14.8. The topological polar surface area (TPSA) is 39.7 Å². The number of carbonyl (C=O) groups is 1. The van der Waals surface area contributed by atoms with Crippen molar-refractivity contribution >= 4 is 11.6 Å². The number of piperazine rings is 1. The van der Waals surface area contributed by atoms with Gasteiger partial charge in [-0.05, 0) is 36.2 Å². The van der Waals surface area contributed by atoms with E-state index in [9.17, 15) is 4.79 Å². The standard InChI is InChI=1S/C20H26N4O/c1-22(12-9-18-7-10-21-11-8-18)20(25)17-23-13-15-24(16-14-23)19-5-3-2-4-6-19/h2-8,10-11H,9,12-17H2,1H3. The SMILES string of the molecule is CN(CCc1ccncc1)C(=O)CN1CCN(c2ccccc2)CC1. The minimum absolute atomic E-state index is 0.196. The number of rotatable bonds is 6. The van der Waals surface area contributed by atoms with E-state index in [1.165, 1.54) is 11.3 Å². The number of pyridine rings is 1. The number of benzene rings is 1. The third kappa shape index (κ3) is 5.03. The van der Waals surface area contributed by atoms with Crippen LogP contribution in [0.25, 0.3) is 0 Å². The molecule has 132 valence electrons. The number of hydrogen-bond donors (Lipinski definition) is 0. The van der Waals surface area contributed by atoms with Crippen LogP contribution in [0.4, 0.5) is 5.69 Å². The van der Waals surface area contributed by atoms with Crippen molar-refractivity contribution in [3.63, 3.8) is 0 Å². The van der Waals surface area contributed by atoms with E-state index in [2.05, 4.69) is 39.0 Å². The van der Waals surface area contributed by atoms with E-state index in [1.807, 2.05) is 30.1 Å². The molecule has 0 unspecified atom stereocenters. The maximum absolute atomic E-state index is 12.4. The van der Waals surface area contributed by atoms with Crippen molar-refractivity contribution in [2.24, 2.45) is 0 Å². The molecule has 1 aromatic heterocycles. The van der Waals surface area contributed by atoms with Gasteiger partial charge in [-0.3, -0.25) is 14.7 Å². The van der Waals surface area contributed by atoms with Gasteiger partial charge in [-0.2, -0.15) is 0 Å². The van der Waals surface area contributed by atoms with Crippen LogP contribution in [-0.2, 0) is 11.2 Å². The smallest absolute Gasteiger partial charge is 0.236 e. The maximum atomic E-state index is 12.4. The Labute approximate surface area is 149 Å². The molecule has 1 amide bonds. The van der Waals surface area contributed by atoms with E-state index in [0.29, 0.717) is 6.54 Å². The second kappa shape index (κ2) is 8.62. The number of likely N-dealkylation sites (N-methyl/N-ethyl adjacent to an activating group) is 1. The molecule has 5 nitrogen and oxygen atoms in total. The van der Waals surface area contributed by atoms with Gasteiger partial charge in [0.15, 0.2) is 0 Å². The second-order valence-electron chi connectivity index (χ2n) is 6.52. The number of nitrogens with zero attached hydrogens (tertiary/aromatic N) is 4. The van der Waals surface area contributed by atoms with Crippen LogP contribution in [-0.4, -0.2) is 67.0 Å². The van der Waals surface area contributed by atoms with Gasteiger partial charge >= 0.3 is 0 Å². The first-order valence-corrected chi connectivity index (χ1v) is 8.87. The lowest BCUT2D eigenvalue weighted by Gasteiger charge is -2.36. The summed E-state index contributed by atoms with van der Waals surface area (Å²) in [6.07, 6.45) is 4.46. The predicted molar refractivity (Wildman–Crippen MR) is 101 cm³/mol. The van der Waals surface area contributed by atoms with Crippen LogP contribution in [0.5, 0.6) is 0 Å². The highest BCUT2D eigenvalue weighted by molar-refractivity contribution is 5.78. The average molecular weight is 338 g/mol. The molecule has 2 aromatic rings. The molecule has 2 heterocycles. The van der Waals surface area contributed by atoms with E-state index >= 15 is 0 Å². The lowest BCUT2D eigenvalue weighted by Crippen LogP contribution is -2.49. The highest BCUT2D eigenvalue weighted by atomic mass is 16.2. The van der Waals surface area contributed by atoms with E-state index in [-0.39, 0.29) is 5.91 Å². The Balaban J connectivity index is 1.41. The lowest BCUT2D eigenvalue weighted by atomic mass is 10.2. The summed E-state index contributed by atoms with van der Waals surface area (Å²) in [6.45, 7) is 5.05. The fraction of sp³-hybridized carbons (Fsp3) is 0.400. The summed E-state index contributed by atoms with van der Waals surface area (Å²) >= 11 is 0. The van der Waals surface area contributed by atoms with Crippen LogP contribution in [0.2, 0.25) is 0 Å². The van der Waals surface area contributed by atoms with Gasteiger partial charge in [-0.25, -0.2) is 0 Å². The van der Waals surface area contributed by atoms with Crippen molar-refractivity contribution in [3.05, 3.63) is 60.4 Å². The molecular weight excluding hydrogens is 312 g/mol. The zero-order valence-electron chi connectivity index (χ0n) is 14.8. The molecule has 1 fully saturated rings. The van der Waals surface area contributed by atoms with Crippen LogP contribution in [0.15, 0.2) is 54.9 Å². The van der Waals surface area contributed by atoms with Crippen LogP contribution in [0.1, 0.15) is 5.56 Å². The minimum atomic E-state index is 0.196. The van der Waals surface area contributed by atoms with Crippen molar-refractivity contribution < 1.29 is 4.79 Å². The van der Waals surface area contributed by atoms with Gasteiger partial charge in [0.2, 0.25) is 5.91 Å². The number of amides is 1. The molecule has 0 spiro atoms.